The number of H-pyrrole nitrogens is 1. The average Bonchev–Trinajstić information content (AvgIpc) is 3.06. The molecular weight excluding hydrogens is 334 g/mol. The fourth-order valence-corrected chi connectivity index (χ4v) is 4.94. The molecule has 0 radical (unpaired) electrons. The second-order valence-electron chi connectivity index (χ2n) is 6.69. The molecule has 7 heteroatoms. The van der Waals surface area contributed by atoms with Gasteiger partial charge in [-0.3, -0.25) is 4.98 Å². The van der Waals surface area contributed by atoms with Gasteiger partial charge in [-0.2, -0.15) is 0 Å². The van der Waals surface area contributed by atoms with Crippen LogP contribution < -0.4 is 4.90 Å². The Hall–Kier alpha value is -2.12. The number of hydrogen-bond donors (Lipinski definition) is 1. The van der Waals surface area contributed by atoms with Crippen molar-refractivity contribution >= 4 is 28.0 Å². The molecular formula is C18H21N5OS. The van der Waals surface area contributed by atoms with Crippen LogP contribution in [0.4, 0.5) is 5.82 Å². The number of aromatic nitrogens is 4. The van der Waals surface area contributed by atoms with Crippen LogP contribution in [0, 0.1) is 12.8 Å². The zero-order valence-electron chi connectivity index (χ0n) is 14.3. The molecule has 130 valence electrons. The maximum atomic E-state index is 12.6. The first-order valence-corrected chi connectivity index (χ1v) is 9.75. The van der Waals surface area contributed by atoms with Crippen molar-refractivity contribution in [3.8, 4) is 0 Å². The molecule has 0 amide bonds. The van der Waals surface area contributed by atoms with Crippen LogP contribution in [-0.4, -0.2) is 43.3 Å². The molecule has 0 bridgehead atoms. The third-order valence-electron chi connectivity index (χ3n) is 5.05. The third kappa shape index (κ3) is 3.09. The molecule has 1 N–H and O–H groups in total. The van der Waals surface area contributed by atoms with Crippen LogP contribution >= 0.6 is 0 Å². The minimum Gasteiger partial charge on any atom is -0.611 e. The summed E-state index contributed by atoms with van der Waals surface area (Å²) in [6.45, 7) is 1.99. The third-order valence-corrected chi connectivity index (χ3v) is 6.74. The van der Waals surface area contributed by atoms with E-state index in [2.05, 4.69) is 31.9 Å². The predicted molar refractivity (Wildman–Crippen MR) is 99.1 cm³/mol. The zero-order valence-corrected chi connectivity index (χ0v) is 15.2. The van der Waals surface area contributed by atoms with E-state index in [0.29, 0.717) is 17.7 Å². The summed E-state index contributed by atoms with van der Waals surface area (Å²) in [6, 6.07) is 4.37. The lowest BCUT2D eigenvalue weighted by atomic mass is 9.81. The fraction of sp³-hybridized carbons (Fsp3) is 0.389. The van der Waals surface area contributed by atoms with Crippen LogP contribution in [-0.2, 0) is 11.2 Å². The van der Waals surface area contributed by atoms with E-state index < -0.39 is 11.2 Å². The molecule has 1 saturated carbocycles. The Labute approximate surface area is 149 Å². The monoisotopic (exact) mass is 355 g/mol. The summed E-state index contributed by atoms with van der Waals surface area (Å²) in [5.41, 5.74) is 1.91. The van der Waals surface area contributed by atoms with E-state index in [1.165, 1.54) is 0 Å². The van der Waals surface area contributed by atoms with Gasteiger partial charge in [-0.15, -0.1) is 0 Å². The van der Waals surface area contributed by atoms with Crippen molar-refractivity contribution in [2.24, 2.45) is 5.92 Å². The molecule has 1 fully saturated rings. The number of fused-ring (bicyclic) bond motifs is 1. The molecule has 1 aliphatic carbocycles. The first-order chi connectivity index (χ1) is 12.1. The highest BCUT2D eigenvalue weighted by molar-refractivity contribution is 7.91. The molecule has 1 atom stereocenters. The highest BCUT2D eigenvalue weighted by atomic mass is 32.2. The first kappa shape index (κ1) is 16.4. The molecule has 3 heterocycles. The van der Waals surface area contributed by atoms with Gasteiger partial charge >= 0.3 is 0 Å². The van der Waals surface area contributed by atoms with Crippen molar-refractivity contribution in [2.75, 3.05) is 17.7 Å². The van der Waals surface area contributed by atoms with Gasteiger partial charge in [0, 0.05) is 37.0 Å². The summed E-state index contributed by atoms with van der Waals surface area (Å²) in [7, 11) is 2.08. The van der Waals surface area contributed by atoms with E-state index in [1.807, 2.05) is 25.3 Å². The minimum atomic E-state index is -0.974. The van der Waals surface area contributed by atoms with Crippen LogP contribution in [0.3, 0.4) is 0 Å². The van der Waals surface area contributed by atoms with Gasteiger partial charge in [0.25, 0.3) is 0 Å². The Balaban J connectivity index is 1.39. The lowest BCUT2D eigenvalue weighted by Gasteiger charge is -2.41. The van der Waals surface area contributed by atoms with Crippen LogP contribution in [0.5, 0.6) is 0 Å². The van der Waals surface area contributed by atoms with E-state index in [1.54, 1.807) is 18.7 Å². The average molecular weight is 355 g/mol. The highest BCUT2D eigenvalue weighted by Crippen LogP contribution is 2.36. The second-order valence-corrected chi connectivity index (χ2v) is 8.16. The van der Waals surface area contributed by atoms with Crippen molar-refractivity contribution in [1.82, 2.24) is 19.9 Å². The van der Waals surface area contributed by atoms with E-state index in [-0.39, 0.29) is 0 Å². The van der Waals surface area contributed by atoms with Crippen molar-refractivity contribution < 1.29 is 4.55 Å². The molecule has 1 unspecified atom stereocenters. The molecule has 3 aromatic rings. The van der Waals surface area contributed by atoms with Crippen molar-refractivity contribution in [3.63, 3.8) is 0 Å². The SMILES string of the molecule is Cc1ccncc1[S+]([O-])C[C@H]1C[C@@H](N(C)c2ncnc3[nH]ccc23)C1. The largest absolute Gasteiger partial charge is 0.611 e. The van der Waals surface area contributed by atoms with Gasteiger partial charge in [0.15, 0.2) is 4.90 Å². The smallest absolute Gasteiger partial charge is 0.173 e. The number of rotatable bonds is 5. The van der Waals surface area contributed by atoms with Gasteiger partial charge in [0.1, 0.15) is 23.5 Å². The maximum Gasteiger partial charge on any atom is 0.173 e. The second kappa shape index (κ2) is 6.65. The normalized spacial score (nSPS) is 21.1. The van der Waals surface area contributed by atoms with Gasteiger partial charge in [-0.1, -0.05) is 0 Å². The number of aryl methyl sites for hydroxylation is 1. The van der Waals surface area contributed by atoms with Crippen LogP contribution in [0.25, 0.3) is 11.0 Å². The summed E-state index contributed by atoms with van der Waals surface area (Å²) < 4.78 is 12.6. The Morgan fingerprint density at radius 2 is 2.16 bits per heavy atom. The molecule has 0 spiro atoms. The Kier molecular flexibility index (Phi) is 4.35. The van der Waals surface area contributed by atoms with Crippen molar-refractivity contribution in [3.05, 3.63) is 42.6 Å². The summed E-state index contributed by atoms with van der Waals surface area (Å²) in [4.78, 5) is 19.0. The van der Waals surface area contributed by atoms with E-state index in [0.717, 1.165) is 40.2 Å². The summed E-state index contributed by atoms with van der Waals surface area (Å²) in [6.07, 6.45) is 9.04. The standard InChI is InChI=1S/C18H21N5OS/c1-12-3-5-19-9-16(12)25(24)10-13-7-14(8-13)23(2)18-15-4-6-20-17(15)21-11-22-18/h3-6,9,11,13-14H,7-8,10H2,1-2H3,(H,20,21,22)/t13-,14+,25?. The molecule has 1 aliphatic rings. The number of nitrogens with one attached hydrogen (secondary N) is 1. The van der Waals surface area contributed by atoms with Gasteiger partial charge in [0.2, 0.25) is 0 Å². The number of pyridine rings is 1. The molecule has 4 rings (SSSR count). The fourth-order valence-electron chi connectivity index (χ4n) is 3.46. The quantitative estimate of drug-likeness (QED) is 0.712. The zero-order chi connectivity index (χ0) is 17.4. The predicted octanol–water partition coefficient (Wildman–Crippen LogP) is 2.68. The van der Waals surface area contributed by atoms with Crippen molar-refractivity contribution in [1.29, 1.82) is 0 Å². The Bertz CT molecular complexity index is 877. The van der Waals surface area contributed by atoms with E-state index in [4.69, 9.17) is 0 Å². The minimum absolute atomic E-state index is 0.435. The molecule has 0 aromatic carbocycles. The number of anilines is 1. The molecule has 3 aromatic heterocycles. The lowest BCUT2D eigenvalue weighted by Crippen LogP contribution is -2.45. The summed E-state index contributed by atoms with van der Waals surface area (Å²) in [5.74, 6) is 2.15. The number of aromatic amines is 1. The number of nitrogens with zero attached hydrogens (tertiary/aromatic N) is 4. The Morgan fingerprint density at radius 3 is 2.96 bits per heavy atom. The van der Waals surface area contributed by atoms with Crippen molar-refractivity contribution in [2.45, 2.75) is 30.7 Å². The molecule has 6 nitrogen and oxygen atoms in total. The van der Waals surface area contributed by atoms with Gasteiger partial charge < -0.3 is 14.4 Å². The first-order valence-electron chi connectivity index (χ1n) is 8.43. The topological polar surface area (TPSA) is 80.8 Å². The van der Waals surface area contributed by atoms with Gasteiger partial charge in [-0.05, 0) is 43.1 Å². The van der Waals surface area contributed by atoms with Gasteiger partial charge in [-0.25, -0.2) is 9.97 Å². The molecule has 25 heavy (non-hydrogen) atoms. The van der Waals surface area contributed by atoms with E-state index in [9.17, 15) is 4.55 Å². The summed E-state index contributed by atoms with van der Waals surface area (Å²) >= 11 is -0.974. The van der Waals surface area contributed by atoms with Crippen LogP contribution in [0.15, 0.2) is 41.9 Å². The van der Waals surface area contributed by atoms with Crippen LogP contribution in [0.2, 0.25) is 0 Å². The molecule has 0 saturated heterocycles. The van der Waals surface area contributed by atoms with Gasteiger partial charge in [0.05, 0.1) is 11.6 Å². The Morgan fingerprint density at radius 1 is 1.32 bits per heavy atom. The van der Waals surface area contributed by atoms with Crippen LogP contribution in [0.1, 0.15) is 18.4 Å². The van der Waals surface area contributed by atoms with E-state index >= 15 is 0 Å². The molecule has 0 aliphatic heterocycles. The highest BCUT2D eigenvalue weighted by Gasteiger charge is 2.36. The number of hydrogen-bond acceptors (Lipinski definition) is 5. The maximum absolute atomic E-state index is 12.6. The lowest BCUT2D eigenvalue weighted by molar-refractivity contribution is 0.282. The summed E-state index contributed by atoms with van der Waals surface area (Å²) in [5, 5.41) is 1.04.